The zero-order valence-electron chi connectivity index (χ0n) is 8.37. The molecule has 0 bridgehead atoms. The highest BCUT2D eigenvalue weighted by molar-refractivity contribution is 6.35. The molecule has 0 saturated carbocycles. The van der Waals surface area contributed by atoms with Gasteiger partial charge in [-0.2, -0.15) is 0 Å². The van der Waals surface area contributed by atoms with E-state index in [2.05, 4.69) is 0 Å². The second-order valence-electron chi connectivity index (χ2n) is 3.10. The molecule has 0 aliphatic rings. The summed E-state index contributed by atoms with van der Waals surface area (Å²) in [6.45, 7) is -0.129. The van der Waals surface area contributed by atoms with E-state index in [1.54, 1.807) is 6.07 Å². The fraction of sp³-hybridized carbons (Fsp3) is 0.300. The van der Waals surface area contributed by atoms with E-state index in [4.69, 9.17) is 38.8 Å². The monoisotopic (exact) mass is 263 g/mol. The van der Waals surface area contributed by atoms with Gasteiger partial charge < -0.3 is 15.6 Å². The van der Waals surface area contributed by atoms with E-state index in [1.807, 2.05) is 0 Å². The summed E-state index contributed by atoms with van der Waals surface area (Å²) in [4.78, 5) is 10.5. The molecule has 0 spiro atoms. The maximum Gasteiger partial charge on any atom is 0.220 e. The van der Waals surface area contributed by atoms with Crippen LogP contribution in [0.4, 0.5) is 0 Å². The fourth-order valence-corrected chi connectivity index (χ4v) is 1.74. The molecular formula is C10H11Cl2NO3. The molecule has 0 saturated heterocycles. The zero-order chi connectivity index (χ0) is 12.1. The Labute approximate surface area is 103 Å². The maximum absolute atomic E-state index is 10.5. The van der Waals surface area contributed by atoms with Crippen LogP contribution in [-0.2, 0) is 11.4 Å². The third-order valence-corrected chi connectivity index (χ3v) is 2.35. The Morgan fingerprint density at radius 3 is 2.69 bits per heavy atom. The van der Waals surface area contributed by atoms with Crippen molar-refractivity contribution in [2.24, 2.45) is 5.73 Å². The van der Waals surface area contributed by atoms with Crippen LogP contribution in [0.3, 0.4) is 0 Å². The summed E-state index contributed by atoms with van der Waals surface area (Å²) >= 11 is 11.7. The third-order valence-electron chi connectivity index (χ3n) is 1.85. The van der Waals surface area contributed by atoms with Gasteiger partial charge in [-0.3, -0.25) is 4.79 Å². The average molecular weight is 264 g/mol. The van der Waals surface area contributed by atoms with Crippen LogP contribution in [0, 0.1) is 0 Å². The van der Waals surface area contributed by atoms with Crippen LogP contribution in [0.5, 0.6) is 5.75 Å². The Balaban J connectivity index is 2.81. The number of aliphatic hydroxyl groups is 1. The van der Waals surface area contributed by atoms with E-state index >= 15 is 0 Å². The molecule has 1 aromatic rings. The summed E-state index contributed by atoms with van der Waals surface area (Å²) in [6.07, 6.45) is 0.0871. The van der Waals surface area contributed by atoms with Gasteiger partial charge in [0.1, 0.15) is 5.75 Å². The molecule has 88 valence electrons. The normalized spacial score (nSPS) is 10.2. The number of hydrogen-bond acceptors (Lipinski definition) is 3. The number of carbonyl (C=O) groups excluding carboxylic acids is 1. The Kier molecular flexibility index (Phi) is 4.86. The molecule has 6 heteroatoms. The molecule has 0 fully saturated rings. The Morgan fingerprint density at radius 2 is 2.12 bits per heavy atom. The molecule has 4 nitrogen and oxygen atoms in total. The number of nitrogens with two attached hydrogens (primary N) is 1. The van der Waals surface area contributed by atoms with E-state index in [1.165, 1.54) is 6.07 Å². The van der Waals surface area contributed by atoms with Gasteiger partial charge in [0, 0.05) is 10.6 Å². The molecule has 0 heterocycles. The van der Waals surface area contributed by atoms with E-state index in [9.17, 15) is 4.79 Å². The SMILES string of the molecule is NC(=O)CCOc1c(Cl)cc(Cl)cc1CO. The minimum atomic E-state index is -0.462. The van der Waals surface area contributed by atoms with Gasteiger partial charge in [-0.15, -0.1) is 0 Å². The third kappa shape index (κ3) is 3.56. The average Bonchev–Trinajstić information content (AvgIpc) is 2.20. The van der Waals surface area contributed by atoms with Crippen molar-refractivity contribution in [1.82, 2.24) is 0 Å². The molecule has 1 rings (SSSR count). The van der Waals surface area contributed by atoms with Crippen LogP contribution in [0.25, 0.3) is 0 Å². The maximum atomic E-state index is 10.5. The topological polar surface area (TPSA) is 72.6 Å². The van der Waals surface area contributed by atoms with Gasteiger partial charge in [-0.25, -0.2) is 0 Å². The van der Waals surface area contributed by atoms with E-state index in [0.29, 0.717) is 21.4 Å². The first-order valence-corrected chi connectivity index (χ1v) is 5.30. The lowest BCUT2D eigenvalue weighted by atomic mass is 10.2. The predicted octanol–water partition coefficient (Wildman–Crippen LogP) is 1.74. The van der Waals surface area contributed by atoms with Crippen molar-refractivity contribution in [3.05, 3.63) is 27.7 Å². The molecule has 1 amide bonds. The molecule has 0 unspecified atom stereocenters. The predicted molar refractivity (Wildman–Crippen MR) is 61.7 cm³/mol. The number of rotatable bonds is 5. The molecule has 16 heavy (non-hydrogen) atoms. The lowest BCUT2D eigenvalue weighted by Crippen LogP contribution is -2.15. The number of aliphatic hydroxyl groups excluding tert-OH is 1. The number of ether oxygens (including phenoxy) is 1. The second-order valence-corrected chi connectivity index (χ2v) is 3.94. The first kappa shape index (κ1) is 13.1. The highest BCUT2D eigenvalue weighted by Gasteiger charge is 2.10. The minimum absolute atomic E-state index is 0.0871. The summed E-state index contributed by atoms with van der Waals surface area (Å²) < 4.78 is 5.27. The van der Waals surface area contributed by atoms with Gasteiger partial charge in [0.05, 0.1) is 24.7 Å². The fourth-order valence-electron chi connectivity index (χ4n) is 1.15. The van der Waals surface area contributed by atoms with Crippen LogP contribution in [0.15, 0.2) is 12.1 Å². The quantitative estimate of drug-likeness (QED) is 0.850. The summed E-state index contributed by atoms with van der Waals surface area (Å²) in [5.41, 5.74) is 5.44. The molecule has 0 aromatic heterocycles. The first-order chi connectivity index (χ1) is 7.54. The molecule has 0 aliphatic carbocycles. The molecule has 3 N–H and O–H groups in total. The molecule has 1 aromatic carbocycles. The van der Waals surface area contributed by atoms with Crippen molar-refractivity contribution in [1.29, 1.82) is 0 Å². The van der Waals surface area contributed by atoms with Gasteiger partial charge in [0.15, 0.2) is 0 Å². The summed E-state index contributed by atoms with van der Waals surface area (Å²) in [7, 11) is 0. The Morgan fingerprint density at radius 1 is 1.44 bits per heavy atom. The summed E-state index contributed by atoms with van der Waals surface area (Å²) in [5, 5.41) is 9.79. The summed E-state index contributed by atoms with van der Waals surface area (Å²) in [5.74, 6) is -0.134. The number of primary amides is 1. The highest BCUT2D eigenvalue weighted by Crippen LogP contribution is 2.32. The van der Waals surface area contributed by atoms with Gasteiger partial charge in [-0.05, 0) is 12.1 Å². The molecule has 0 radical (unpaired) electrons. The number of amides is 1. The molecular weight excluding hydrogens is 253 g/mol. The largest absolute Gasteiger partial charge is 0.491 e. The van der Waals surface area contributed by atoms with Crippen LogP contribution in [-0.4, -0.2) is 17.6 Å². The van der Waals surface area contributed by atoms with Crippen molar-refractivity contribution in [2.75, 3.05) is 6.61 Å². The van der Waals surface area contributed by atoms with Crippen LogP contribution < -0.4 is 10.5 Å². The molecule has 0 atom stereocenters. The van der Waals surface area contributed by atoms with Gasteiger partial charge in [0.25, 0.3) is 0 Å². The van der Waals surface area contributed by atoms with Crippen molar-refractivity contribution >= 4 is 29.1 Å². The minimum Gasteiger partial charge on any atom is -0.491 e. The van der Waals surface area contributed by atoms with Gasteiger partial charge >= 0.3 is 0 Å². The van der Waals surface area contributed by atoms with Crippen molar-refractivity contribution in [2.45, 2.75) is 13.0 Å². The lowest BCUT2D eigenvalue weighted by Gasteiger charge is -2.11. The van der Waals surface area contributed by atoms with E-state index < -0.39 is 5.91 Å². The molecule has 0 aliphatic heterocycles. The van der Waals surface area contributed by atoms with Crippen LogP contribution >= 0.6 is 23.2 Å². The van der Waals surface area contributed by atoms with Crippen LogP contribution in [0.1, 0.15) is 12.0 Å². The van der Waals surface area contributed by atoms with Gasteiger partial charge in [-0.1, -0.05) is 23.2 Å². The number of hydrogen-bond donors (Lipinski definition) is 2. The Bertz CT molecular complexity index is 396. The standard InChI is InChI=1S/C10H11Cl2NO3/c11-7-3-6(5-14)10(8(12)4-7)16-2-1-9(13)15/h3-4,14H,1-2,5H2,(H2,13,15). The number of halogens is 2. The lowest BCUT2D eigenvalue weighted by molar-refractivity contribution is -0.118. The zero-order valence-corrected chi connectivity index (χ0v) is 9.88. The van der Waals surface area contributed by atoms with Gasteiger partial charge in [0.2, 0.25) is 5.91 Å². The Hall–Kier alpha value is -0.970. The van der Waals surface area contributed by atoms with Crippen LogP contribution in [0.2, 0.25) is 10.0 Å². The smallest absolute Gasteiger partial charge is 0.220 e. The van der Waals surface area contributed by atoms with Crippen molar-refractivity contribution < 1.29 is 14.6 Å². The highest BCUT2D eigenvalue weighted by atomic mass is 35.5. The first-order valence-electron chi connectivity index (χ1n) is 4.54. The number of benzene rings is 1. The summed E-state index contributed by atoms with van der Waals surface area (Å²) in [6, 6.07) is 3.05. The van der Waals surface area contributed by atoms with Crippen molar-refractivity contribution in [3.8, 4) is 5.75 Å². The number of carbonyl (C=O) groups is 1. The second kappa shape index (κ2) is 5.94. The van der Waals surface area contributed by atoms with E-state index in [0.717, 1.165) is 0 Å². The van der Waals surface area contributed by atoms with Crippen molar-refractivity contribution in [3.63, 3.8) is 0 Å². The van der Waals surface area contributed by atoms with E-state index in [-0.39, 0.29) is 19.6 Å².